The van der Waals surface area contributed by atoms with Gasteiger partial charge in [0.05, 0.1) is 0 Å². The van der Waals surface area contributed by atoms with Crippen molar-refractivity contribution in [2.75, 3.05) is 13.1 Å². The largest absolute Gasteiger partial charge is 0.425 e. The van der Waals surface area contributed by atoms with Gasteiger partial charge in [0, 0.05) is 6.42 Å². The molecule has 1 aromatic rings. The van der Waals surface area contributed by atoms with Gasteiger partial charge in [0.25, 0.3) is 0 Å². The van der Waals surface area contributed by atoms with Crippen LogP contribution in [-0.2, 0) is 12.8 Å². The molecule has 7 heteroatoms. The zero-order valence-electron chi connectivity index (χ0n) is 9.68. The normalized spacial score (nSPS) is 12.0. The lowest BCUT2D eigenvalue weighted by Gasteiger charge is -2.01. The zero-order valence-corrected chi connectivity index (χ0v) is 9.68. The van der Waals surface area contributed by atoms with Gasteiger partial charge in [0.15, 0.2) is 0 Å². The first-order valence-corrected chi connectivity index (χ1v) is 5.60. The van der Waals surface area contributed by atoms with Crippen molar-refractivity contribution >= 4 is 0 Å². The lowest BCUT2D eigenvalue weighted by Crippen LogP contribution is -2.16. The summed E-state index contributed by atoms with van der Waals surface area (Å²) in [5.41, 5.74) is 0. The van der Waals surface area contributed by atoms with Crippen molar-refractivity contribution in [1.29, 1.82) is 0 Å². The fraction of sp³-hybridized carbons (Fsp3) is 0.800. The molecule has 0 unspecified atom stereocenters. The van der Waals surface area contributed by atoms with Crippen molar-refractivity contribution in [1.82, 2.24) is 15.5 Å². The molecule has 0 aliphatic heterocycles. The van der Waals surface area contributed by atoms with Gasteiger partial charge in [0.2, 0.25) is 11.8 Å². The smallest absolute Gasteiger partial charge is 0.397 e. The highest BCUT2D eigenvalue weighted by atomic mass is 19.4. The molecule has 98 valence electrons. The van der Waals surface area contributed by atoms with E-state index in [2.05, 4.69) is 22.4 Å². The van der Waals surface area contributed by atoms with Crippen LogP contribution in [0.25, 0.3) is 0 Å². The van der Waals surface area contributed by atoms with Gasteiger partial charge in [-0.1, -0.05) is 6.92 Å². The van der Waals surface area contributed by atoms with E-state index in [0.29, 0.717) is 6.42 Å². The van der Waals surface area contributed by atoms with Crippen LogP contribution >= 0.6 is 0 Å². The molecule has 0 aliphatic rings. The Morgan fingerprint density at radius 2 is 1.88 bits per heavy atom. The number of hydrogen-bond acceptors (Lipinski definition) is 4. The molecule has 1 aromatic heterocycles. The summed E-state index contributed by atoms with van der Waals surface area (Å²) in [4.78, 5) is 0. The summed E-state index contributed by atoms with van der Waals surface area (Å²) >= 11 is 0. The fourth-order valence-corrected chi connectivity index (χ4v) is 1.30. The third-order valence-corrected chi connectivity index (χ3v) is 2.03. The molecule has 1 N–H and O–H groups in total. The number of alkyl halides is 3. The Bertz CT molecular complexity index is 325. The van der Waals surface area contributed by atoms with E-state index in [9.17, 15) is 13.2 Å². The Morgan fingerprint density at radius 3 is 2.53 bits per heavy atom. The maximum Gasteiger partial charge on any atom is 0.397 e. The maximum absolute atomic E-state index is 12.0. The first kappa shape index (κ1) is 14.0. The molecule has 0 aliphatic carbocycles. The highest BCUT2D eigenvalue weighted by molar-refractivity contribution is 4.84. The van der Waals surface area contributed by atoms with Crippen LogP contribution in [0.4, 0.5) is 13.2 Å². The fourth-order valence-electron chi connectivity index (χ4n) is 1.30. The van der Waals surface area contributed by atoms with E-state index in [0.717, 1.165) is 25.9 Å². The summed E-state index contributed by atoms with van der Waals surface area (Å²) in [5, 5.41) is 10.1. The molecule has 0 aromatic carbocycles. The van der Waals surface area contributed by atoms with Crippen LogP contribution in [0.15, 0.2) is 4.42 Å². The summed E-state index contributed by atoms with van der Waals surface area (Å²) in [6.07, 6.45) is -3.13. The molecule has 17 heavy (non-hydrogen) atoms. The van der Waals surface area contributed by atoms with Crippen molar-refractivity contribution in [3.05, 3.63) is 11.8 Å². The van der Waals surface area contributed by atoms with Crippen molar-refractivity contribution in [3.8, 4) is 0 Å². The molecule has 1 heterocycles. The molecular weight excluding hydrogens is 235 g/mol. The van der Waals surface area contributed by atoms with Crippen molar-refractivity contribution in [2.24, 2.45) is 0 Å². The first-order valence-electron chi connectivity index (χ1n) is 5.60. The van der Waals surface area contributed by atoms with Gasteiger partial charge >= 0.3 is 6.18 Å². The molecule has 1 rings (SSSR count). The molecule has 0 spiro atoms. The van der Waals surface area contributed by atoms with Crippen LogP contribution in [-0.4, -0.2) is 29.5 Å². The van der Waals surface area contributed by atoms with E-state index in [1.54, 1.807) is 0 Å². The number of nitrogens with one attached hydrogen (secondary N) is 1. The topological polar surface area (TPSA) is 51.0 Å². The van der Waals surface area contributed by atoms with Crippen molar-refractivity contribution < 1.29 is 17.6 Å². The third kappa shape index (κ3) is 6.25. The van der Waals surface area contributed by atoms with Crippen molar-refractivity contribution in [2.45, 2.75) is 38.8 Å². The van der Waals surface area contributed by atoms with Gasteiger partial charge in [-0.15, -0.1) is 10.2 Å². The van der Waals surface area contributed by atoms with Gasteiger partial charge in [-0.05, 0) is 25.9 Å². The highest BCUT2D eigenvalue weighted by Gasteiger charge is 2.30. The van der Waals surface area contributed by atoms with E-state index in [1.807, 2.05) is 0 Å². The summed E-state index contributed by atoms with van der Waals surface area (Å²) in [7, 11) is 0. The second-order valence-electron chi connectivity index (χ2n) is 3.74. The molecule has 0 amide bonds. The molecule has 0 bridgehead atoms. The Morgan fingerprint density at radius 1 is 1.18 bits per heavy atom. The quantitative estimate of drug-likeness (QED) is 0.754. The molecular formula is C10H16F3N3O. The van der Waals surface area contributed by atoms with Gasteiger partial charge in [-0.3, -0.25) is 0 Å². The number of halogens is 3. The lowest BCUT2D eigenvalue weighted by molar-refractivity contribution is -0.130. The summed E-state index contributed by atoms with van der Waals surface area (Å²) in [5.74, 6) is -0.100. The van der Waals surface area contributed by atoms with Gasteiger partial charge < -0.3 is 9.73 Å². The summed E-state index contributed by atoms with van der Waals surface area (Å²) < 4.78 is 40.9. The summed E-state index contributed by atoms with van der Waals surface area (Å²) in [6.45, 7) is 3.79. The standard InChI is InChI=1S/C10H16F3N3O/c1-2-5-14-6-3-4-8-15-16-9(17-8)7-10(11,12)13/h14H,2-7H2,1H3. The molecule has 4 nitrogen and oxygen atoms in total. The average molecular weight is 251 g/mol. The number of aryl methyl sites for hydroxylation is 1. The second-order valence-corrected chi connectivity index (χ2v) is 3.74. The number of nitrogens with zero attached hydrogens (tertiary/aromatic N) is 2. The van der Waals surface area contributed by atoms with Crippen LogP contribution in [0.1, 0.15) is 31.5 Å². The molecule has 0 saturated heterocycles. The number of aromatic nitrogens is 2. The first-order chi connectivity index (χ1) is 8.01. The molecule has 0 fully saturated rings. The molecule has 0 atom stereocenters. The zero-order chi connectivity index (χ0) is 12.7. The van der Waals surface area contributed by atoms with Crippen LogP contribution in [0.3, 0.4) is 0 Å². The third-order valence-electron chi connectivity index (χ3n) is 2.03. The van der Waals surface area contributed by atoms with Crippen LogP contribution in [0.2, 0.25) is 0 Å². The SMILES string of the molecule is CCCNCCCc1nnc(CC(F)(F)F)o1. The minimum Gasteiger partial charge on any atom is -0.425 e. The Balaban J connectivity index is 2.26. The Labute approximate surface area is 97.6 Å². The molecule has 0 saturated carbocycles. The van der Waals surface area contributed by atoms with Crippen LogP contribution in [0.5, 0.6) is 0 Å². The van der Waals surface area contributed by atoms with E-state index in [-0.39, 0.29) is 11.8 Å². The maximum atomic E-state index is 12.0. The minimum atomic E-state index is -4.30. The van der Waals surface area contributed by atoms with Gasteiger partial charge in [-0.25, -0.2) is 0 Å². The highest BCUT2D eigenvalue weighted by Crippen LogP contribution is 2.20. The van der Waals surface area contributed by atoms with Gasteiger partial charge in [0.1, 0.15) is 6.42 Å². The predicted molar refractivity (Wildman–Crippen MR) is 55.5 cm³/mol. The number of hydrogen-bond donors (Lipinski definition) is 1. The Kier molecular flexibility index (Phi) is 5.40. The van der Waals surface area contributed by atoms with E-state index >= 15 is 0 Å². The second kappa shape index (κ2) is 6.58. The minimum absolute atomic E-state index is 0.266. The molecule has 0 radical (unpaired) electrons. The lowest BCUT2D eigenvalue weighted by atomic mass is 10.3. The predicted octanol–water partition coefficient (Wildman–Crippen LogP) is 2.11. The summed E-state index contributed by atoms with van der Waals surface area (Å²) in [6, 6.07) is 0. The van der Waals surface area contributed by atoms with Crippen molar-refractivity contribution in [3.63, 3.8) is 0 Å². The number of rotatable bonds is 7. The monoisotopic (exact) mass is 251 g/mol. The van der Waals surface area contributed by atoms with E-state index in [4.69, 9.17) is 4.42 Å². The van der Waals surface area contributed by atoms with Gasteiger partial charge in [-0.2, -0.15) is 13.2 Å². The van der Waals surface area contributed by atoms with E-state index < -0.39 is 12.6 Å². The average Bonchev–Trinajstić information content (AvgIpc) is 2.63. The van der Waals surface area contributed by atoms with E-state index in [1.165, 1.54) is 0 Å². The van der Waals surface area contributed by atoms with Crippen LogP contribution < -0.4 is 5.32 Å². The van der Waals surface area contributed by atoms with Crippen LogP contribution in [0, 0.1) is 0 Å². The Hall–Kier alpha value is -1.11.